The molecular formula is C13H20O6. The minimum Gasteiger partial charge on any atom is -0.481 e. The Morgan fingerprint density at radius 2 is 1.89 bits per heavy atom. The Hall–Kier alpha value is -1.85. The van der Waals surface area contributed by atoms with Gasteiger partial charge in [0.15, 0.2) is 0 Å². The fraction of sp³-hybridized carbons (Fsp3) is 0.615. The molecule has 0 fully saturated rings. The number of carboxylic acids is 1. The highest BCUT2D eigenvalue weighted by atomic mass is 16.5. The predicted molar refractivity (Wildman–Crippen MR) is 67.4 cm³/mol. The molecule has 0 amide bonds. The topological polar surface area (TPSA) is 89.9 Å². The van der Waals surface area contributed by atoms with E-state index in [1.807, 2.05) is 0 Å². The standard InChI is InChI=1S/C13H20O6/c1-9(2)12(16)19-8-7-10(13(17)18-3)5-4-6-11(14)15/h10H,1,4-8H2,2-3H3,(H,14,15). The van der Waals surface area contributed by atoms with Gasteiger partial charge in [0, 0.05) is 12.0 Å². The lowest BCUT2D eigenvalue weighted by Gasteiger charge is -2.14. The van der Waals surface area contributed by atoms with Crippen molar-refractivity contribution in [3.63, 3.8) is 0 Å². The van der Waals surface area contributed by atoms with Gasteiger partial charge in [0.2, 0.25) is 0 Å². The summed E-state index contributed by atoms with van der Waals surface area (Å²) in [5.74, 6) is -2.29. The second kappa shape index (κ2) is 9.13. The van der Waals surface area contributed by atoms with Gasteiger partial charge in [-0.15, -0.1) is 0 Å². The van der Waals surface area contributed by atoms with Crippen LogP contribution >= 0.6 is 0 Å². The molecule has 6 nitrogen and oxygen atoms in total. The van der Waals surface area contributed by atoms with Crippen LogP contribution in [0.15, 0.2) is 12.2 Å². The van der Waals surface area contributed by atoms with Gasteiger partial charge in [-0.3, -0.25) is 9.59 Å². The van der Waals surface area contributed by atoms with Crippen molar-refractivity contribution in [3.05, 3.63) is 12.2 Å². The number of aliphatic carboxylic acids is 1. The van der Waals surface area contributed by atoms with Gasteiger partial charge < -0.3 is 14.6 Å². The maximum absolute atomic E-state index is 11.5. The van der Waals surface area contributed by atoms with E-state index in [4.69, 9.17) is 9.84 Å². The number of hydrogen-bond donors (Lipinski definition) is 1. The third-order valence-electron chi connectivity index (χ3n) is 2.53. The molecule has 6 heteroatoms. The predicted octanol–water partition coefficient (Wildman–Crippen LogP) is 1.54. The van der Waals surface area contributed by atoms with E-state index < -0.39 is 23.8 Å². The lowest BCUT2D eigenvalue weighted by molar-refractivity contribution is -0.148. The van der Waals surface area contributed by atoms with Crippen molar-refractivity contribution < 1.29 is 29.0 Å². The maximum Gasteiger partial charge on any atom is 0.333 e. The van der Waals surface area contributed by atoms with Crippen LogP contribution in [0.1, 0.15) is 32.6 Å². The fourth-order valence-electron chi connectivity index (χ4n) is 1.46. The monoisotopic (exact) mass is 272 g/mol. The molecule has 0 spiro atoms. The van der Waals surface area contributed by atoms with Crippen LogP contribution in [0, 0.1) is 5.92 Å². The highest BCUT2D eigenvalue weighted by Crippen LogP contribution is 2.15. The zero-order valence-corrected chi connectivity index (χ0v) is 11.3. The van der Waals surface area contributed by atoms with Crippen molar-refractivity contribution in [2.75, 3.05) is 13.7 Å². The van der Waals surface area contributed by atoms with Gasteiger partial charge in [-0.1, -0.05) is 6.58 Å². The fourth-order valence-corrected chi connectivity index (χ4v) is 1.46. The zero-order valence-electron chi connectivity index (χ0n) is 11.3. The summed E-state index contributed by atoms with van der Waals surface area (Å²) < 4.78 is 9.52. The Balaban J connectivity index is 4.13. The van der Waals surface area contributed by atoms with Crippen LogP contribution in [-0.2, 0) is 23.9 Å². The third kappa shape index (κ3) is 7.96. The summed E-state index contributed by atoms with van der Waals surface area (Å²) in [6.07, 6.45) is 1.08. The van der Waals surface area contributed by atoms with Gasteiger partial charge >= 0.3 is 17.9 Å². The molecule has 0 bridgehead atoms. The Kier molecular flexibility index (Phi) is 8.24. The van der Waals surface area contributed by atoms with E-state index in [0.29, 0.717) is 24.8 Å². The summed E-state index contributed by atoms with van der Waals surface area (Å²) in [7, 11) is 1.27. The summed E-state index contributed by atoms with van der Waals surface area (Å²) in [6.45, 7) is 5.06. The number of esters is 2. The number of ether oxygens (including phenoxy) is 2. The molecule has 0 aromatic carbocycles. The van der Waals surface area contributed by atoms with Crippen LogP contribution in [0.5, 0.6) is 0 Å². The van der Waals surface area contributed by atoms with Crippen LogP contribution < -0.4 is 0 Å². The highest BCUT2D eigenvalue weighted by Gasteiger charge is 2.19. The average molecular weight is 272 g/mol. The Bertz CT molecular complexity index is 347. The molecule has 0 saturated carbocycles. The zero-order chi connectivity index (χ0) is 14.8. The molecule has 0 aliphatic rings. The second-order valence-corrected chi connectivity index (χ2v) is 4.21. The molecule has 0 aliphatic carbocycles. The van der Waals surface area contributed by atoms with E-state index >= 15 is 0 Å². The Morgan fingerprint density at radius 3 is 2.37 bits per heavy atom. The number of hydrogen-bond acceptors (Lipinski definition) is 5. The van der Waals surface area contributed by atoms with Crippen LogP contribution in [-0.4, -0.2) is 36.7 Å². The van der Waals surface area contributed by atoms with Gasteiger partial charge in [-0.25, -0.2) is 4.79 Å². The summed E-state index contributed by atoms with van der Waals surface area (Å²) in [5, 5.41) is 8.54. The smallest absolute Gasteiger partial charge is 0.333 e. The average Bonchev–Trinajstić information content (AvgIpc) is 2.35. The Labute approximate surface area is 112 Å². The molecule has 0 aromatic heterocycles. The van der Waals surface area contributed by atoms with E-state index in [1.54, 1.807) is 0 Å². The van der Waals surface area contributed by atoms with Crippen molar-refractivity contribution in [1.29, 1.82) is 0 Å². The SMILES string of the molecule is C=C(C)C(=O)OCCC(CCCC(=O)O)C(=O)OC. The minimum atomic E-state index is -0.905. The normalized spacial score (nSPS) is 11.5. The van der Waals surface area contributed by atoms with Crippen molar-refractivity contribution in [3.8, 4) is 0 Å². The molecule has 19 heavy (non-hydrogen) atoms. The summed E-state index contributed by atoms with van der Waals surface area (Å²) in [5.41, 5.74) is 0.292. The van der Waals surface area contributed by atoms with E-state index in [1.165, 1.54) is 14.0 Å². The molecule has 0 aliphatic heterocycles. The number of methoxy groups -OCH3 is 1. The van der Waals surface area contributed by atoms with Crippen LogP contribution in [0.25, 0.3) is 0 Å². The molecular weight excluding hydrogens is 252 g/mol. The minimum absolute atomic E-state index is 0.000945. The van der Waals surface area contributed by atoms with E-state index in [9.17, 15) is 14.4 Å². The largest absolute Gasteiger partial charge is 0.481 e. The van der Waals surface area contributed by atoms with Gasteiger partial charge in [-0.05, 0) is 26.2 Å². The van der Waals surface area contributed by atoms with Gasteiger partial charge in [0.05, 0.1) is 19.6 Å². The molecule has 1 N–H and O–H groups in total. The van der Waals surface area contributed by atoms with E-state index in [0.717, 1.165) is 0 Å². The van der Waals surface area contributed by atoms with Crippen molar-refractivity contribution in [2.24, 2.45) is 5.92 Å². The molecule has 0 rings (SSSR count). The number of carbonyl (C=O) groups excluding carboxylic acids is 2. The van der Waals surface area contributed by atoms with Crippen molar-refractivity contribution in [1.82, 2.24) is 0 Å². The van der Waals surface area contributed by atoms with Gasteiger partial charge in [0.25, 0.3) is 0 Å². The maximum atomic E-state index is 11.5. The van der Waals surface area contributed by atoms with Crippen molar-refractivity contribution in [2.45, 2.75) is 32.6 Å². The lowest BCUT2D eigenvalue weighted by atomic mass is 9.99. The summed E-state index contributed by atoms with van der Waals surface area (Å²) in [4.78, 5) is 33.0. The molecule has 0 aromatic rings. The first-order chi connectivity index (χ1) is 8.88. The summed E-state index contributed by atoms with van der Waals surface area (Å²) in [6, 6.07) is 0. The molecule has 108 valence electrons. The first kappa shape index (κ1) is 17.2. The molecule has 0 saturated heterocycles. The van der Waals surface area contributed by atoms with Crippen LogP contribution in [0.4, 0.5) is 0 Å². The van der Waals surface area contributed by atoms with Crippen LogP contribution in [0.3, 0.4) is 0 Å². The second-order valence-electron chi connectivity index (χ2n) is 4.21. The van der Waals surface area contributed by atoms with Gasteiger partial charge in [0.1, 0.15) is 0 Å². The van der Waals surface area contributed by atoms with Gasteiger partial charge in [-0.2, -0.15) is 0 Å². The molecule has 0 heterocycles. The third-order valence-corrected chi connectivity index (χ3v) is 2.53. The molecule has 0 radical (unpaired) electrons. The molecule has 1 atom stereocenters. The highest BCUT2D eigenvalue weighted by molar-refractivity contribution is 5.86. The van der Waals surface area contributed by atoms with E-state index in [2.05, 4.69) is 11.3 Å². The van der Waals surface area contributed by atoms with E-state index in [-0.39, 0.29) is 13.0 Å². The van der Waals surface area contributed by atoms with Crippen LogP contribution in [0.2, 0.25) is 0 Å². The summed E-state index contributed by atoms with van der Waals surface area (Å²) >= 11 is 0. The number of carbonyl (C=O) groups is 3. The number of carboxylic acid groups (broad SMARTS) is 1. The number of rotatable bonds is 9. The first-order valence-corrected chi connectivity index (χ1v) is 6.00. The quantitative estimate of drug-likeness (QED) is 0.506. The lowest BCUT2D eigenvalue weighted by Crippen LogP contribution is -2.19. The van der Waals surface area contributed by atoms with Crippen molar-refractivity contribution >= 4 is 17.9 Å². The first-order valence-electron chi connectivity index (χ1n) is 6.00. The Morgan fingerprint density at radius 1 is 1.26 bits per heavy atom. The molecule has 1 unspecified atom stereocenters.